The number of hydrogen-bond acceptors (Lipinski definition) is 5. The summed E-state index contributed by atoms with van der Waals surface area (Å²) in [6.45, 7) is 4.17. The molecule has 0 aromatic carbocycles. The molecule has 0 saturated carbocycles. The number of sulfonamides is 1. The van der Waals surface area contributed by atoms with Crippen molar-refractivity contribution in [3.8, 4) is 5.82 Å². The number of aromatic nitrogens is 3. The molecule has 1 saturated heterocycles. The van der Waals surface area contributed by atoms with Crippen LogP contribution in [0.15, 0.2) is 36.7 Å². The third-order valence-corrected chi connectivity index (χ3v) is 6.00. The second-order valence-electron chi connectivity index (χ2n) is 5.54. The Hall–Kier alpha value is -1.93. The Morgan fingerprint density at radius 3 is 2.17 bits per heavy atom. The van der Waals surface area contributed by atoms with Gasteiger partial charge < -0.3 is 9.47 Å². The second-order valence-corrected chi connectivity index (χ2v) is 7.63. The molecule has 23 heavy (non-hydrogen) atoms. The minimum absolute atomic E-state index is 0.221. The van der Waals surface area contributed by atoms with Crippen molar-refractivity contribution in [1.82, 2.24) is 19.1 Å². The predicted octanol–water partition coefficient (Wildman–Crippen LogP) is 1.13. The molecule has 3 heterocycles. The number of hydrogen-bond donors (Lipinski definition) is 0. The number of rotatable bonds is 5. The lowest BCUT2D eigenvalue weighted by atomic mass is 10.3. The van der Waals surface area contributed by atoms with Crippen LogP contribution < -0.4 is 4.90 Å². The molecule has 2 aromatic heterocycles. The molecule has 1 fully saturated rings. The third kappa shape index (κ3) is 3.53. The Morgan fingerprint density at radius 1 is 1.00 bits per heavy atom. The van der Waals surface area contributed by atoms with Crippen LogP contribution in [0.2, 0.25) is 0 Å². The van der Waals surface area contributed by atoms with Crippen molar-refractivity contribution in [3.63, 3.8) is 0 Å². The summed E-state index contributed by atoms with van der Waals surface area (Å²) >= 11 is 0. The molecule has 3 rings (SSSR count). The summed E-state index contributed by atoms with van der Waals surface area (Å²) in [6.07, 6.45) is 4.48. The van der Waals surface area contributed by atoms with E-state index < -0.39 is 10.0 Å². The van der Waals surface area contributed by atoms with Gasteiger partial charge in [0.15, 0.2) is 11.6 Å². The second kappa shape index (κ2) is 6.67. The van der Waals surface area contributed by atoms with Crippen molar-refractivity contribution in [3.05, 3.63) is 36.7 Å². The van der Waals surface area contributed by atoms with Gasteiger partial charge in [0.1, 0.15) is 0 Å². The van der Waals surface area contributed by atoms with Gasteiger partial charge in [0, 0.05) is 38.6 Å². The third-order valence-electron chi connectivity index (χ3n) is 3.92. The number of piperazine rings is 1. The zero-order chi connectivity index (χ0) is 16.3. The molecule has 0 atom stereocenters. The van der Waals surface area contributed by atoms with Crippen LogP contribution in [0.5, 0.6) is 0 Å². The molecule has 124 valence electrons. The minimum atomic E-state index is -3.11. The summed E-state index contributed by atoms with van der Waals surface area (Å²) in [5.74, 6) is 1.77. The fraction of sp³-hybridized carbons (Fsp3) is 0.467. The zero-order valence-corrected chi connectivity index (χ0v) is 14.0. The predicted molar refractivity (Wildman–Crippen MR) is 89.2 cm³/mol. The van der Waals surface area contributed by atoms with E-state index in [1.165, 1.54) is 0 Å². The molecule has 0 spiro atoms. The summed E-state index contributed by atoms with van der Waals surface area (Å²) in [4.78, 5) is 2.07. The Labute approximate surface area is 136 Å². The maximum absolute atomic E-state index is 12.1. The van der Waals surface area contributed by atoms with Crippen molar-refractivity contribution in [2.24, 2.45) is 0 Å². The largest absolute Gasteiger partial charge is 0.352 e. The van der Waals surface area contributed by atoms with Gasteiger partial charge in [-0.05, 0) is 30.7 Å². The van der Waals surface area contributed by atoms with Gasteiger partial charge in [0.25, 0.3) is 0 Å². The molecule has 7 nitrogen and oxygen atoms in total. The van der Waals surface area contributed by atoms with Crippen molar-refractivity contribution >= 4 is 15.8 Å². The summed E-state index contributed by atoms with van der Waals surface area (Å²) in [5, 5.41) is 8.50. The van der Waals surface area contributed by atoms with Gasteiger partial charge in [-0.15, -0.1) is 10.2 Å². The van der Waals surface area contributed by atoms with Crippen molar-refractivity contribution in [2.45, 2.75) is 13.3 Å². The molecule has 0 N–H and O–H groups in total. The van der Waals surface area contributed by atoms with E-state index in [0.717, 1.165) is 11.6 Å². The lowest BCUT2D eigenvalue weighted by molar-refractivity contribution is 0.383. The topological polar surface area (TPSA) is 71.3 Å². The summed E-state index contributed by atoms with van der Waals surface area (Å²) in [6, 6.07) is 7.72. The number of anilines is 1. The first-order chi connectivity index (χ1) is 11.1. The Bertz CT molecular complexity index is 720. The maximum atomic E-state index is 12.1. The molecule has 2 aromatic rings. The van der Waals surface area contributed by atoms with Gasteiger partial charge >= 0.3 is 0 Å². The summed E-state index contributed by atoms with van der Waals surface area (Å²) < 4.78 is 27.6. The van der Waals surface area contributed by atoms with Crippen LogP contribution in [0.3, 0.4) is 0 Å². The standard InChI is InChI=1S/C15H21N5O2S/c1-2-13-23(21,22)20-11-9-19(10-12-20)15-6-5-14(16-17-15)18-7-3-4-8-18/h3-8H,2,9-13H2,1H3. The molecule has 0 bridgehead atoms. The first kappa shape index (κ1) is 15.9. The maximum Gasteiger partial charge on any atom is 0.214 e. The van der Waals surface area contributed by atoms with Crippen molar-refractivity contribution < 1.29 is 8.42 Å². The van der Waals surface area contributed by atoms with E-state index in [-0.39, 0.29) is 5.75 Å². The van der Waals surface area contributed by atoms with Crippen LogP contribution in [0.1, 0.15) is 13.3 Å². The Kier molecular flexibility index (Phi) is 4.63. The van der Waals surface area contributed by atoms with E-state index in [2.05, 4.69) is 15.1 Å². The van der Waals surface area contributed by atoms with Crippen LogP contribution in [0.25, 0.3) is 5.82 Å². The van der Waals surface area contributed by atoms with Gasteiger partial charge in [0.05, 0.1) is 5.75 Å². The first-order valence-corrected chi connectivity index (χ1v) is 9.41. The average molecular weight is 335 g/mol. The highest BCUT2D eigenvalue weighted by molar-refractivity contribution is 7.89. The van der Waals surface area contributed by atoms with Crippen LogP contribution in [-0.4, -0.2) is 59.4 Å². The lowest BCUT2D eigenvalue weighted by Crippen LogP contribution is -2.49. The van der Waals surface area contributed by atoms with Gasteiger partial charge in [-0.2, -0.15) is 4.31 Å². The van der Waals surface area contributed by atoms with Crippen LogP contribution in [0.4, 0.5) is 5.82 Å². The minimum Gasteiger partial charge on any atom is -0.352 e. The normalized spacial score (nSPS) is 16.7. The highest BCUT2D eigenvalue weighted by Gasteiger charge is 2.26. The van der Waals surface area contributed by atoms with Crippen LogP contribution in [-0.2, 0) is 10.0 Å². The molecule has 0 amide bonds. The SMILES string of the molecule is CCCS(=O)(=O)N1CCN(c2ccc(-n3cccc3)nn2)CC1. The van der Waals surface area contributed by atoms with Crippen LogP contribution in [0, 0.1) is 0 Å². The van der Waals surface area contributed by atoms with E-state index >= 15 is 0 Å². The zero-order valence-electron chi connectivity index (χ0n) is 13.2. The molecular formula is C15H21N5O2S. The van der Waals surface area contributed by atoms with Crippen LogP contribution >= 0.6 is 0 Å². The number of nitrogens with zero attached hydrogens (tertiary/aromatic N) is 5. The molecule has 0 aliphatic carbocycles. The smallest absolute Gasteiger partial charge is 0.214 e. The monoisotopic (exact) mass is 335 g/mol. The van der Waals surface area contributed by atoms with E-state index in [9.17, 15) is 8.42 Å². The fourth-order valence-corrected chi connectivity index (χ4v) is 4.19. The Morgan fingerprint density at radius 2 is 1.61 bits per heavy atom. The molecule has 1 aliphatic rings. The molecule has 0 radical (unpaired) electrons. The summed E-state index contributed by atoms with van der Waals surface area (Å²) in [7, 11) is -3.11. The van der Waals surface area contributed by atoms with Gasteiger partial charge in [-0.25, -0.2) is 8.42 Å². The van der Waals surface area contributed by atoms with E-state index in [1.54, 1.807) is 4.31 Å². The first-order valence-electron chi connectivity index (χ1n) is 7.80. The molecule has 8 heteroatoms. The fourth-order valence-electron chi connectivity index (χ4n) is 2.69. The summed E-state index contributed by atoms with van der Waals surface area (Å²) in [5.41, 5.74) is 0. The van der Waals surface area contributed by atoms with Crippen molar-refractivity contribution in [2.75, 3.05) is 36.8 Å². The highest BCUT2D eigenvalue weighted by Crippen LogP contribution is 2.16. The van der Waals surface area contributed by atoms with Gasteiger partial charge in [-0.1, -0.05) is 6.92 Å². The van der Waals surface area contributed by atoms with E-state index in [0.29, 0.717) is 32.6 Å². The molecule has 1 aliphatic heterocycles. The Balaban J connectivity index is 1.64. The highest BCUT2D eigenvalue weighted by atomic mass is 32.2. The molecule has 0 unspecified atom stereocenters. The van der Waals surface area contributed by atoms with Crippen molar-refractivity contribution in [1.29, 1.82) is 0 Å². The van der Waals surface area contributed by atoms with E-state index in [1.807, 2.05) is 48.1 Å². The van der Waals surface area contributed by atoms with Gasteiger partial charge in [0.2, 0.25) is 10.0 Å². The molecular weight excluding hydrogens is 314 g/mol. The lowest BCUT2D eigenvalue weighted by Gasteiger charge is -2.34. The van der Waals surface area contributed by atoms with E-state index in [4.69, 9.17) is 0 Å². The van der Waals surface area contributed by atoms with Gasteiger partial charge in [-0.3, -0.25) is 0 Å². The average Bonchev–Trinajstić information content (AvgIpc) is 3.10. The quantitative estimate of drug-likeness (QED) is 0.819.